The monoisotopic (exact) mass is 138 g/mol. The van der Waals surface area contributed by atoms with Crippen LogP contribution in [0.4, 0.5) is 0 Å². The van der Waals surface area contributed by atoms with Crippen molar-refractivity contribution in [2.75, 3.05) is 12.9 Å². The van der Waals surface area contributed by atoms with Crippen molar-refractivity contribution in [3.63, 3.8) is 0 Å². The highest BCUT2D eigenvalue weighted by Gasteiger charge is 2.10. The van der Waals surface area contributed by atoms with E-state index in [0.717, 1.165) is 0 Å². The van der Waals surface area contributed by atoms with Gasteiger partial charge in [0.2, 0.25) is 0 Å². The SMILES string of the molecule is BCOCP(=O)(O)O. The van der Waals surface area contributed by atoms with Gasteiger partial charge in [-0.15, -0.1) is 0 Å². The molecule has 0 aliphatic heterocycles. The molecular formula is C2H8BO4P. The van der Waals surface area contributed by atoms with E-state index in [4.69, 9.17) is 9.79 Å². The number of ether oxygens (including phenoxy) is 1. The summed E-state index contributed by atoms with van der Waals surface area (Å²) < 4.78 is 14.4. The van der Waals surface area contributed by atoms with E-state index in [9.17, 15) is 4.57 Å². The van der Waals surface area contributed by atoms with Gasteiger partial charge >= 0.3 is 7.60 Å². The first-order valence-electron chi connectivity index (χ1n) is 2.18. The molecule has 0 amide bonds. The highest BCUT2D eigenvalue weighted by Crippen LogP contribution is 2.33. The second kappa shape index (κ2) is 3.25. The zero-order valence-electron chi connectivity index (χ0n) is 4.57. The smallest absolute Gasteiger partial charge is 0.350 e. The van der Waals surface area contributed by atoms with Gasteiger partial charge in [-0.1, -0.05) is 0 Å². The average Bonchev–Trinajstić information content (AvgIpc) is 1.59. The van der Waals surface area contributed by atoms with E-state index < -0.39 is 13.9 Å². The molecule has 0 unspecified atom stereocenters. The van der Waals surface area contributed by atoms with Crippen LogP contribution in [-0.2, 0) is 9.30 Å². The van der Waals surface area contributed by atoms with E-state index in [1.807, 2.05) is 0 Å². The van der Waals surface area contributed by atoms with E-state index in [2.05, 4.69) is 4.74 Å². The molecule has 0 spiro atoms. The van der Waals surface area contributed by atoms with E-state index in [-0.39, 0.29) is 0 Å². The minimum Gasteiger partial charge on any atom is -0.378 e. The van der Waals surface area contributed by atoms with E-state index in [1.165, 1.54) is 0 Å². The van der Waals surface area contributed by atoms with Crippen molar-refractivity contribution in [1.82, 2.24) is 0 Å². The van der Waals surface area contributed by atoms with E-state index in [1.54, 1.807) is 7.85 Å². The molecule has 0 rings (SSSR count). The van der Waals surface area contributed by atoms with Crippen molar-refractivity contribution in [3.8, 4) is 0 Å². The standard InChI is InChI=1S/C2H8BO4P/c3-1-7-2-8(4,5)6/h1-3H2,(H2,4,5,6). The fourth-order valence-corrected chi connectivity index (χ4v) is 0.631. The molecular weight excluding hydrogens is 130 g/mol. The average molecular weight is 138 g/mol. The van der Waals surface area contributed by atoms with Crippen LogP contribution in [0.2, 0.25) is 0 Å². The van der Waals surface area contributed by atoms with Gasteiger partial charge in [-0.25, -0.2) is 0 Å². The van der Waals surface area contributed by atoms with Crippen molar-refractivity contribution in [2.45, 2.75) is 0 Å². The van der Waals surface area contributed by atoms with Crippen LogP contribution >= 0.6 is 7.60 Å². The predicted molar refractivity (Wildman–Crippen MR) is 31.4 cm³/mol. The van der Waals surface area contributed by atoms with Gasteiger partial charge in [0.15, 0.2) is 0 Å². The fourth-order valence-electron chi connectivity index (χ4n) is 0.210. The predicted octanol–water partition coefficient (Wildman–Crippen LogP) is -1.27. The molecule has 0 aromatic carbocycles. The Morgan fingerprint density at radius 1 is 1.62 bits per heavy atom. The molecule has 0 aromatic rings. The third kappa shape index (κ3) is 6.17. The van der Waals surface area contributed by atoms with Crippen LogP contribution in [0.25, 0.3) is 0 Å². The summed E-state index contributed by atoms with van der Waals surface area (Å²) in [7, 11) is -2.23. The molecule has 0 saturated heterocycles. The van der Waals surface area contributed by atoms with Crippen molar-refractivity contribution in [2.24, 2.45) is 0 Å². The van der Waals surface area contributed by atoms with Gasteiger partial charge in [-0.05, 0) is 0 Å². The van der Waals surface area contributed by atoms with Gasteiger partial charge in [-0.3, -0.25) is 4.57 Å². The lowest BCUT2D eigenvalue weighted by Crippen LogP contribution is -1.95. The van der Waals surface area contributed by atoms with Crippen molar-refractivity contribution >= 4 is 15.4 Å². The Hall–Kier alpha value is 0.175. The Morgan fingerprint density at radius 2 is 2.12 bits per heavy atom. The lowest BCUT2D eigenvalue weighted by atomic mass is 10.2. The highest BCUT2D eigenvalue weighted by atomic mass is 31.2. The molecule has 0 aromatic heterocycles. The summed E-state index contributed by atoms with van der Waals surface area (Å²) in [5.74, 6) is 0. The minimum absolute atomic E-state index is 0.338. The fraction of sp³-hybridized carbons (Fsp3) is 1.00. The van der Waals surface area contributed by atoms with Crippen molar-refractivity contribution in [3.05, 3.63) is 0 Å². The Morgan fingerprint density at radius 3 is 2.25 bits per heavy atom. The molecule has 0 atom stereocenters. The number of hydrogen-bond donors (Lipinski definition) is 2. The molecule has 8 heavy (non-hydrogen) atoms. The molecule has 2 N–H and O–H groups in total. The first kappa shape index (κ1) is 8.17. The first-order valence-corrected chi connectivity index (χ1v) is 3.98. The summed E-state index contributed by atoms with van der Waals surface area (Å²) in [6.07, 6.45) is -0.469. The van der Waals surface area contributed by atoms with Crippen LogP contribution in [0.3, 0.4) is 0 Å². The van der Waals surface area contributed by atoms with Crippen LogP contribution in [0.15, 0.2) is 0 Å². The highest BCUT2D eigenvalue weighted by molar-refractivity contribution is 7.51. The van der Waals surface area contributed by atoms with Crippen LogP contribution < -0.4 is 0 Å². The van der Waals surface area contributed by atoms with Crippen LogP contribution in [-0.4, -0.2) is 30.5 Å². The lowest BCUT2D eigenvalue weighted by molar-refractivity contribution is 0.200. The minimum atomic E-state index is -3.90. The van der Waals surface area contributed by atoms with Gasteiger partial charge in [0.25, 0.3) is 0 Å². The molecule has 0 aliphatic carbocycles. The second-order valence-electron chi connectivity index (χ2n) is 1.29. The molecule has 0 saturated carbocycles. The van der Waals surface area contributed by atoms with Crippen molar-refractivity contribution < 1.29 is 19.1 Å². The molecule has 0 heterocycles. The second-order valence-corrected chi connectivity index (χ2v) is 2.87. The van der Waals surface area contributed by atoms with Gasteiger partial charge in [0.1, 0.15) is 14.2 Å². The van der Waals surface area contributed by atoms with Crippen LogP contribution in [0, 0.1) is 0 Å². The lowest BCUT2D eigenvalue weighted by Gasteiger charge is -2.00. The summed E-state index contributed by atoms with van der Waals surface area (Å²) in [6, 6.07) is 0. The molecule has 4 nitrogen and oxygen atoms in total. The van der Waals surface area contributed by atoms with Crippen molar-refractivity contribution in [1.29, 1.82) is 0 Å². The number of hydrogen-bond acceptors (Lipinski definition) is 2. The molecule has 48 valence electrons. The topological polar surface area (TPSA) is 66.8 Å². The molecule has 0 aliphatic rings. The maximum absolute atomic E-state index is 9.96. The molecule has 0 fully saturated rings. The Kier molecular flexibility index (Phi) is 3.32. The number of rotatable bonds is 3. The van der Waals surface area contributed by atoms with Gasteiger partial charge < -0.3 is 14.5 Å². The summed E-state index contributed by atoms with van der Waals surface area (Å²) in [6.45, 7) is 0.338. The van der Waals surface area contributed by atoms with Gasteiger partial charge in [-0.2, -0.15) is 0 Å². The van der Waals surface area contributed by atoms with Crippen LogP contribution in [0.5, 0.6) is 0 Å². The zero-order chi connectivity index (χ0) is 6.62. The molecule has 0 bridgehead atoms. The summed E-state index contributed by atoms with van der Waals surface area (Å²) in [5, 5.41) is 0. The molecule has 0 radical (unpaired) electrons. The maximum Gasteiger partial charge on any atom is 0.350 e. The first-order chi connectivity index (χ1) is 3.56. The normalized spacial score (nSPS) is 11.8. The van der Waals surface area contributed by atoms with E-state index in [0.29, 0.717) is 6.51 Å². The Bertz CT molecular complexity index is 98.2. The van der Waals surface area contributed by atoms with E-state index >= 15 is 0 Å². The zero-order valence-corrected chi connectivity index (χ0v) is 5.47. The Labute approximate surface area is 48.4 Å². The van der Waals surface area contributed by atoms with Gasteiger partial charge in [0.05, 0.1) is 0 Å². The van der Waals surface area contributed by atoms with Crippen LogP contribution in [0.1, 0.15) is 0 Å². The maximum atomic E-state index is 9.96. The summed E-state index contributed by atoms with van der Waals surface area (Å²) >= 11 is 0. The third-order valence-electron chi connectivity index (χ3n) is 0.464. The molecule has 6 heteroatoms. The quantitative estimate of drug-likeness (QED) is 0.376. The summed E-state index contributed by atoms with van der Waals surface area (Å²) in [5.41, 5.74) is 0. The Balaban J connectivity index is 3.26. The summed E-state index contributed by atoms with van der Waals surface area (Å²) in [4.78, 5) is 16.3. The van der Waals surface area contributed by atoms with Gasteiger partial charge in [0, 0.05) is 6.51 Å². The third-order valence-corrected chi connectivity index (χ3v) is 0.983. The largest absolute Gasteiger partial charge is 0.378 e.